The molecule has 0 radical (unpaired) electrons. The molecule has 5 heteroatoms. The van der Waals surface area contributed by atoms with Gasteiger partial charge in [0.05, 0.1) is 0 Å². The first kappa shape index (κ1) is 15.9. The molecule has 0 atom stereocenters. The predicted molar refractivity (Wildman–Crippen MR) is 23.9 cm³/mol. The van der Waals surface area contributed by atoms with Crippen LogP contribution < -0.4 is 0 Å². The Labute approximate surface area is 62.1 Å². The second kappa shape index (κ2) is 41.7. The molecule has 0 saturated heterocycles. The summed E-state index contributed by atoms with van der Waals surface area (Å²) >= 11 is 6.92. The summed E-state index contributed by atoms with van der Waals surface area (Å²) in [5, 5.41) is 0. The van der Waals surface area contributed by atoms with Gasteiger partial charge in [-0.3, -0.25) is 0 Å². The molecule has 0 amide bonds. The minimum absolute atomic E-state index is 0. The maximum atomic E-state index is 3.71. The van der Waals surface area contributed by atoms with Gasteiger partial charge in [0.25, 0.3) is 0 Å². The molecule has 40 valence electrons. The molecule has 0 unspecified atom stereocenters. The van der Waals surface area contributed by atoms with Crippen LogP contribution in [0, 0.1) is 0 Å². The summed E-state index contributed by atoms with van der Waals surface area (Å²) in [6.45, 7) is 0. The molecule has 0 aromatic heterocycles. The van der Waals surface area contributed by atoms with Crippen LogP contribution in [0.25, 0.3) is 0 Å². The standard InChI is InChI=1S/2Ni.H2S.2S/h;;1H2;;/p-1. The molecule has 0 nitrogen and oxygen atoms in total. The van der Waals surface area contributed by atoms with Crippen LogP contribution in [0.4, 0.5) is 0 Å². The number of hydrogen-bond acceptors (Lipinski definition) is 3. The fourth-order valence-electron chi connectivity index (χ4n) is 0. The molecule has 0 aromatic rings. The van der Waals surface area contributed by atoms with Crippen molar-refractivity contribution >= 4 is 34.8 Å². The predicted octanol–water partition coefficient (Wildman–Crippen LogP) is 1.02. The van der Waals surface area contributed by atoms with Crippen LogP contribution in [0.5, 0.6) is 0 Å². The van der Waals surface area contributed by atoms with E-state index < -0.39 is 0 Å². The second-order valence-corrected chi connectivity index (χ2v) is 0. The Bertz CT molecular complexity index is 6.85. The Kier molecular flexibility index (Phi) is 132. The molecule has 0 fully saturated rings. The van der Waals surface area contributed by atoms with E-state index >= 15 is 0 Å². The van der Waals surface area contributed by atoms with Gasteiger partial charge in [-0.15, -0.1) is 0 Å². The first-order chi connectivity index (χ1) is 2.00. The van der Waals surface area contributed by atoms with Crippen molar-refractivity contribution in [1.29, 1.82) is 0 Å². The summed E-state index contributed by atoms with van der Waals surface area (Å²) < 4.78 is 0. The molecule has 0 N–H and O–H groups in total. The topological polar surface area (TPSA) is 0 Å². The molecule has 0 aliphatic rings. The molecule has 0 aliphatic heterocycles. The van der Waals surface area contributed by atoms with E-state index in [-0.39, 0.29) is 13.5 Å². The maximum absolute atomic E-state index is 3.71. The molecular formula is HNi2S3-. The Hall–Kier alpha value is 1.78. The monoisotopic (exact) mass is 213 g/mol. The van der Waals surface area contributed by atoms with Crippen molar-refractivity contribution in [3.63, 3.8) is 0 Å². The van der Waals surface area contributed by atoms with E-state index in [0.717, 1.165) is 0 Å². The van der Waals surface area contributed by atoms with Gasteiger partial charge in [-0.25, -0.2) is 0 Å². The van der Waals surface area contributed by atoms with Gasteiger partial charge in [-0.1, -0.05) is 0 Å². The van der Waals surface area contributed by atoms with Gasteiger partial charge in [0.2, 0.25) is 0 Å². The van der Waals surface area contributed by atoms with E-state index in [1.165, 1.54) is 0 Å². The number of rotatable bonds is 0. The average molecular weight is 215 g/mol. The van der Waals surface area contributed by atoms with Crippen LogP contribution in [0.2, 0.25) is 0 Å². The van der Waals surface area contributed by atoms with Gasteiger partial charge in [-0.05, 0) is 0 Å². The van der Waals surface area contributed by atoms with Crippen LogP contribution in [0.3, 0.4) is 0 Å². The van der Waals surface area contributed by atoms with Crippen LogP contribution in [-0.2, 0) is 41.2 Å². The summed E-state index contributed by atoms with van der Waals surface area (Å²) in [7, 11) is 7.42. The Morgan fingerprint density at radius 1 is 0.800 bits per heavy atom. The third kappa shape index (κ3) is 26.1. The van der Waals surface area contributed by atoms with Crippen molar-refractivity contribution < 1.29 is 27.7 Å². The Morgan fingerprint density at radius 2 is 0.800 bits per heavy atom. The van der Waals surface area contributed by atoms with E-state index in [4.69, 9.17) is 0 Å². The summed E-state index contributed by atoms with van der Waals surface area (Å²) in [6.07, 6.45) is 0. The average Bonchev–Trinajstić information content (AvgIpc) is 1.50. The Balaban J connectivity index is -0.0000000133. The quantitative estimate of drug-likeness (QED) is 0.336. The van der Waals surface area contributed by atoms with Crippen LogP contribution in [0.15, 0.2) is 0 Å². The van der Waals surface area contributed by atoms with Crippen molar-refractivity contribution in [2.75, 3.05) is 0 Å². The van der Waals surface area contributed by atoms with Crippen molar-refractivity contribution in [3.05, 3.63) is 0 Å². The fourth-order valence-corrected chi connectivity index (χ4v) is 0. The first-order valence-corrected chi connectivity index (χ1v) is 3.19. The van der Waals surface area contributed by atoms with Gasteiger partial charge < -0.3 is 13.5 Å². The summed E-state index contributed by atoms with van der Waals surface area (Å²) in [5.41, 5.74) is 0. The summed E-state index contributed by atoms with van der Waals surface area (Å²) in [4.78, 5) is 0. The Morgan fingerprint density at radius 3 is 0.800 bits per heavy atom. The van der Waals surface area contributed by atoms with Crippen molar-refractivity contribution in [2.45, 2.75) is 0 Å². The minimum atomic E-state index is 0. The van der Waals surface area contributed by atoms with Gasteiger partial charge in [0.1, 0.15) is 0 Å². The number of thiol groups is 1. The molecular weight excluding hydrogens is 214 g/mol. The third-order valence-electron chi connectivity index (χ3n) is 0. The van der Waals surface area contributed by atoms with Crippen molar-refractivity contribution in [3.8, 4) is 0 Å². The van der Waals surface area contributed by atoms with Crippen molar-refractivity contribution in [2.24, 2.45) is 0 Å². The SMILES string of the molecule is [SH-].[S]=[Ni].[S]=[Ni]. The molecule has 0 heterocycles. The first-order valence-electron chi connectivity index (χ1n) is 0.258. The van der Waals surface area contributed by atoms with Gasteiger partial charge in [-0.2, -0.15) is 0 Å². The zero-order valence-corrected chi connectivity index (χ0v) is 6.40. The van der Waals surface area contributed by atoms with E-state index in [1.807, 2.05) is 0 Å². The molecule has 0 bridgehead atoms. The van der Waals surface area contributed by atoms with E-state index in [9.17, 15) is 0 Å². The van der Waals surface area contributed by atoms with Crippen molar-refractivity contribution in [1.82, 2.24) is 0 Å². The van der Waals surface area contributed by atoms with Crippen LogP contribution >= 0.6 is 21.3 Å². The third-order valence-corrected chi connectivity index (χ3v) is 0. The van der Waals surface area contributed by atoms with Gasteiger partial charge in [0, 0.05) is 0 Å². The normalized spacial score (nSPS) is 2.40. The summed E-state index contributed by atoms with van der Waals surface area (Å²) in [5.74, 6) is 0. The van der Waals surface area contributed by atoms with Crippen LogP contribution in [-0.4, -0.2) is 0 Å². The molecule has 5 heavy (non-hydrogen) atoms. The van der Waals surface area contributed by atoms with Gasteiger partial charge >= 0.3 is 49.0 Å². The fraction of sp³-hybridized carbons (Fsp3) is 0. The molecule has 0 spiro atoms. The molecule has 0 saturated carbocycles. The molecule has 0 aliphatic carbocycles. The van der Waals surface area contributed by atoms with E-state index in [0.29, 0.717) is 0 Å². The van der Waals surface area contributed by atoms with E-state index in [2.05, 4.69) is 49.0 Å². The summed E-state index contributed by atoms with van der Waals surface area (Å²) in [6, 6.07) is 0. The van der Waals surface area contributed by atoms with Gasteiger partial charge in [0.15, 0.2) is 0 Å². The second-order valence-electron chi connectivity index (χ2n) is 0. The number of hydrogen-bond donors (Lipinski definition) is 0. The zero-order chi connectivity index (χ0) is 4.00. The molecule has 0 rings (SSSR count). The zero-order valence-electron chi connectivity index (χ0n) is 1.90. The van der Waals surface area contributed by atoms with Crippen LogP contribution in [0.1, 0.15) is 0 Å². The van der Waals surface area contributed by atoms with E-state index in [1.54, 1.807) is 0 Å². The molecule has 0 aromatic carbocycles.